The highest BCUT2D eigenvalue weighted by atomic mass is 16.6. The molecule has 0 bridgehead atoms. The molecule has 0 radical (unpaired) electrons. The summed E-state index contributed by atoms with van der Waals surface area (Å²) in [6, 6.07) is 19.0. The summed E-state index contributed by atoms with van der Waals surface area (Å²) >= 11 is 0. The van der Waals surface area contributed by atoms with E-state index in [1.807, 2.05) is 26.8 Å². The fraction of sp³-hybridized carbons (Fsp3) is 0.500. The minimum Gasteiger partial charge on any atom is -0.539 e. The van der Waals surface area contributed by atoms with E-state index in [1.165, 1.54) is 55.1 Å². The maximum absolute atomic E-state index is 11.6. The van der Waals surface area contributed by atoms with Gasteiger partial charge in [-0.3, -0.25) is 5.73 Å². The molecule has 0 saturated carbocycles. The van der Waals surface area contributed by atoms with Crippen molar-refractivity contribution in [3.05, 3.63) is 60.2 Å². The second kappa shape index (κ2) is 17.7. The number of aryl methyl sites for hydroxylation is 1. The third-order valence-corrected chi connectivity index (χ3v) is 6.60. The number of fused-ring (bicyclic) bond motifs is 1. The van der Waals surface area contributed by atoms with Gasteiger partial charge in [-0.25, -0.2) is 18.7 Å². The zero-order valence-corrected chi connectivity index (χ0v) is 25.1. The van der Waals surface area contributed by atoms with Crippen molar-refractivity contribution >= 4 is 35.0 Å². The number of carboxylic acids is 2. The highest BCUT2D eigenvalue weighted by molar-refractivity contribution is 6.26. The monoisotopic (exact) mass is 582 g/mol. The van der Waals surface area contributed by atoms with Crippen LogP contribution in [0.5, 0.6) is 0 Å². The van der Waals surface area contributed by atoms with Gasteiger partial charge in [0, 0.05) is 6.54 Å². The molecular formula is C32H46N4O6. The van der Waals surface area contributed by atoms with E-state index in [0.29, 0.717) is 6.54 Å². The number of ether oxygens (including phenoxy) is 1. The predicted octanol–water partition coefficient (Wildman–Crippen LogP) is 4.42. The number of carbonyl (C=O) groups excluding carboxylic acids is 2. The third kappa shape index (κ3) is 12.6. The topological polar surface area (TPSA) is 151 Å². The van der Waals surface area contributed by atoms with Crippen molar-refractivity contribution in [3.63, 3.8) is 0 Å². The van der Waals surface area contributed by atoms with Crippen molar-refractivity contribution in [3.8, 4) is 0 Å². The minimum atomic E-state index is -2.07. The van der Waals surface area contributed by atoms with E-state index in [2.05, 4.69) is 63.0 Å². The molecule has 10 nitrogen and oxygen atoms in total. The standard InChI is InChI=1S/C30H44N4O2.C2H2O4/c1-30(2,3)36-29(35)32-22-16-9-7-5-4-6-8-10-17-23-33-26-20-14-15-21-27(26)34(28(33)31)24-25-18-12-11-13-19-25;3-1(4)2(5)6/h11-15,18-21,31H,4-10,16-17,22-24H2,1-3H3,(H,32,35);(H,3,4)(H,5,6). The quantitative estimate of drug-likeness (QED) is 0.145. The van der Waals surface area contributed by atoms with E-state index in [4.69, 9.17) is 30.3 Å². The molecule has 1 heterocycles. The molecule has 0 unspecified atom stereocenters. The maximum atomic E-state index is 11.6. The lowest BCUT2D eigenvalue weighted by atomic mass is 10.1. The van der Waals surface area contributed by atoms with Crippen LogP contribution in [0, 0.1) is 0 Å². The molecule has 3 rings (SSSR count). The van der Waals surface area contributed by atoms with Gasteiger partial charge in [-0.1, -0.05) is 87.4 Å². The van der Waals surface area contributed by atoms with Gasteiger partial charge in [-0.15, -0.1) is 0 Å². The van der Waals surface area contributed by atoms with E-state index in [1.54, 1.807) is 0 Å². The number of nitrogens with two attached hydrogens (primary N) is 1. The number of rotatable bonds is 14. The van der Waals surface area contributed by atoms with Gasteiger partial charge < -0.3 is 25.1 Å². The molecule has 0 aliphatic heterocycles. The number of alkyl carbamates (subject to hydrolysis) is 1. The van der Waals surface area contributed by atoms with Crippen LogP contribution in [0.3, 0.4) is 0 Å². The fourth-order valence-electron chi connectivity index (χ4n) is 4.62. The van der Waals surface area contributed by atoms with Gasteiger partial charge in [-0.2, -0.15) is 0 Å². The molecule has 4 N–H and O–H groups in total. The van der Waals surface area contributed by atoms with E-state index < -0.39 is 17.5 Å². The summed E-state index contributed by atoms with van der Waals surface area (Å²) in [5, 5.41) is 19.1. The van der Waals surface area contributed by atoms with Crippen LogP contribution >= 0.6 is 0 Å². The van der Waals surface area contributed by atoms with Crippen LogP contribution in [-0.4, -0.2) is 39.9 Å². The Morgan fingerprint density at radius 1 is 0.881 bits per heavy atom. The number of aromatic nitrogens is 2. The molecule has 0 spiro atoms. The molecule has 0 fully saturated rings. The number of carbonyl (C=O) groups is 3. The number of para-hydroxylation sites is 2. The van der Waals surface area contributed by atoms with Gasteiger partial charge in [0.1, 0.15) is 16.6 Å². The first kappa shape index (κ1) is 34.1. The zero-order chi connectivity index (χ0) is 31.0. The van der Waals surface area contributed by atoms with Crippen LogP contribution in [-0.2, 0) is 27.4 Å². The highest BCUT2D eigenvalue weighted by Crippen LogP contribution is 2.19. The van der Waals surface area contributed by atoms with Crippen molar-refractivity contribution in [1.82, 2.24) is 9.88 Å². The van der Waals surface area contributed by atoms with Gasteiger partial charge in [0.2, 0.25) is 0 Å². The largest absolute Gasteiger partial charge is 0.539 e. The average Bonchev–Trinajstić information content (AvgIpc) is 3.19. The van der Waals surface area contributed by atoms with E-state index in [0.717, 1.165) is 38.3 Å². The summed E-state index contributed by atoms with van der Waals surface area (Å²) in [5.41, 5.74) is 9.87. The lowest BCUT2D eigenvalue weighted by Crippen LogP contribution is -2.37. The first-order valence-corrected chi connectivity index (χ1v) is 14.7. The maximum Gasteiger partial charge on any atom is 0.407 e. The molecule has 0 atom stereocenters. The summed E-state index contributed by atoms with van der Waals surface area (Å²) in [6.45, 7) is 8.08. The lowest BCUT2D eigenvalue weighted by Gasteiger charge is -2.19. The first-order valence-electron chi connectivity index (χ1n) is 14.7. The smallest absolute Gasteiger partial charge is 0.407 e. The summed E-state index contributed by atoms with van der Waals surface area (Å²) in [4.78, 5) is 29.7. The minimum absolute atomic E-state index is 0.317. The second-order valence-electron chi connectivity index (χ2n) is 11.3. The number of carboxylic acid groups (broad SMARTS) is 2. The Balaban J connectivity index is 0.000000928. The van der Waals surface area contributed by atoms with Gasteiger partial charge in [0.25, 0.3) is 0 Å². The van der Waals surface area contributed by atoms with E-state index in [-0.39, 0.29) is 6.09 Å². The Morgan fingerprint density at radius 3 is 1.98 bits per heavy atom. The van der Waals surface area contributed by atoms with Crippen LogP contribution in [0.15, 0.2) is 54.6 Å². The van der Waals surface area contributed by atoms with E-state index in [9.17, 15) is 4.79 Å². The van der Waals surface area contributed by atoms with Gasteiger partial charge in [0.15, 0.2) is 5.97 Å². The number of aliphatic carboxylic acids is 2. The summed E-state index contributed by atoms with van der Waals surface area (Å²) in [7, 11) is 0. The molecule has 0 aliphatic carbocycles. The Kier molecular flexibility index (Phi) is 14.4. The predicted molar refractivity (Wildman–Crippen MR) is 161 cm³/mol. The summed E-state index contributed by atoms with van der Waals surface area (Å²) in [5.74, 6) is -3.17. The van der Waals surface area contributed by atoms with Gasteiger partial charge >= 0.3 is 18.0 Å². The Morgan fingerprint density at radius 2 is 1.40 bits per heavy atom. The molecule has 2 aromatic carbocycles. The number of hydrogen-bond donors (Lipinski definition) is 3. The molecule has 230 valence electrons. The normalized spacial score (nSPS) is 11.0. The molecule has 1 amide bonds. The number of nitrogens with zero attached hydrogens (tertiary/aromatic N) is 2. The van der Waals surface area contributed by atoms with Crippen LogP contribution in [0.1, 0.15) is 84.1 Å². The first-order chi connectivity index (χ1) is 20.0. The van der Waals surface area contributed by atoms with Crippen LogP contribution < -0.4 is 20.7 Å². The molecule has 42 heavy (non-hydrogen) atoms. The van der Waals surface area contributed by atoms with Gasteiger partial charge in [0.05, 0.1) is 13.1 Å². The van der Waals surface area contributed by atoms with Crippen molar-refractivity contribution in [1.29, 1.82) is 0 Å². The molecular weight excluding hydrogens is 536 g/mol. The number of amides is 1. The van der Waals surface area contributed by atoms with E-state index >= 15 is 0 Å². The Hall–Kier alpha value is -4.08. The fourth-order valence-corrected chi connectivity index (χ4v) is 4.62. The number of nitrogens with one attached hydrogen (secondary N) is 1. The number of unbranched alkanes of at least 4 members (excludes halogenated alkanes) is 8. The SMILES string of the molecule is CC(C)(C)OC(=O)NCCCCCCCCCCCn1c(N)[n+](Cc2ccccc2)c2ccccc21.O=C([O-])C(=O)O. The summed E-state index contributed by atoms with van der Waals surface area (Å²) in [6.07, 6.45) is 10.5. The van der Waals surface area contributed by atoms with Crippen LogP contribution in [0.4, 0.5) is 10.7 Å². The molecule has 1 aromatic heterocycles. The average molecular weight is 583 g/mol. The molecule has 3 aromatic rings. The number of benzene rings is 2. The highest BCUT2D eigenvalue weighted by Gasteiger charge is 2.20. The van der Waals surface area contributed by atoms with Crippen molar-refractivity contribution in [2.24, 2.45) is 0 Å². The molecule has 0 aliphatic rings. The van der Waals surface area contributed by atoms with Crippen molar-refractivity contribution in [2.75, 3.05) is 12.3 Å². The molecule has 0 saturated heterocycles. The number of imidazole rings is 1. The summed E-state index contributed by atoms with van der Waals surface area (Å²) < 4.78 is 9.76. The number of nitrogen functional groups attached to an aromatic ring is 1. The third-order valence-electron chi connectivity index (χ3n) is 6.60. The zero-order valence-electron chi connectivity index (χ0n) is 25.1. The number of hydrogen-bond acceptors (Lipinski definition) is 6. The second-order valence-corrected chi connectivity index (χ2v) is 11.3. The van der Waals surface area contributed by atoms with Crippen LogP contribution in [0.25, 0.3) is 11.0 Å². The van der Waals surface area contributed by atoms with Gasteiger partial charge in [-0.05, 0) is 51.3 Å². The Bertz CT molecular complexity index is 1260. The number of anilines is 1. The van der Waals surface area contributed by atoms with Crippen molar-refractivity contribution in [2.45, 2.75) is 97.2 Å². The lowest BCUT2D eigenvalue weighted by molar-refractivity contribution is -0.648. The van der Waals surface area contributed by atoms with Crippen molar-refractivity contribution < 1.29 is 33.9 Å². The van der Waals surface area contributed by atoms with Crippen LogP contribution in [0.2, 0.25) is 0 Å². The molecule has 10 heteroatoms. The Labute approximate surface area is 248 Å².